The molecule has 2 unspecified atom stereocenters. The third-order valence-corrected chi connectivity index (χ3v) is 4.71. The number of thiol groups is 2. The number of ether oxygens (including phenoxy) is 1. The standard InChI is InChI=1S/C16H34O.2C2H4O2S.C2H6O2/c1-5-9-11-15(7-3)13-17-14-16(8-4)12-10-6-2;2*3-2(4)1-5;3-1-2-4/h15-16H,5-14H2,1-4H3;2*5H,1H2,(H,3,4);3-4H,1-2H2. The number of carboxylic acid groups (broad SMARTS) is 2. The molecule has 0 aromatic carbocycles. The highest BCUT2D eigenvalue weighted by atomic mass is 32.1. The van der Waals surface area contributed by atoms with Gasteiger partial charge in [0.25, 0.3) is 0 Å². The molecule has 0 aliphatic carbocycles. The van der Waals surface area contributed by atoms with Gasteiger partial charge in [0.05, 0.1) is 24.7 Å². The molecule has 9 heteroatoms. The summed E-state index contributed by atoms with van der Waals surface area (Å²) in [6.45, 7) is 10.8. The summed E-state index contributed by atoms with van der Waals surface area (Å²) in [7, 11) is 0. The molecule has 4 N–H and O–H groups in total. The van der Waals surface area contributed by atoms with Gasteiger partial charge in [-0.1, -0.05) is 66.2 Å². The van der Waals surface area contributed by atoms with Crippen LogP contribution in [-0.4, -0.2) is 70.3 Å². The molecule has 0 heterocycles. The maximum atomic E-state index is 9.29. The fourth-order valence-electron chi connectivity index (χ4n) is 2.20. The van der Waals surface area contributed by atoms with Gasteiger partial charge in [-0.05, 0) is 24.7 Å². The molecule has 0 aliphatic rings. The zero-order valence-corrected chi connectivity index (χ0v) is 21.8. The van der Waals surface area contributed by atoms with Gasteiger partial charge in [0.15, 0.2) is 0 Å². The Balaban J connectivity index is -0.000000211. The van der Waals surface area contributed by atoms with E-state index in [4.69, 9.17) is 25.2 Å². The van der Waals surface area contributed by atoms with Crippen molar-refractivity contribution in [2.75, 3.05) is 37.9 Å². The molecule has 190 valence electrons. The molecule has 0 aliphatic heterocycles. The summed E-state index contributed by atoms with van der Waals surface area (Å²) in [5.74, 6) is -0.348. The summed E-state index contributed by atoms with van der Waals surface area (Å²) in [5, 5.41) is 30.5. The molecule has 0 saturated carbocycles. The van der Waals surface area contributed by atoms with Gasteiger partial charge >= 0.3 is 11.9 Å². The number of aliphatic hydroxyl groups is 2. The summed E-state index contributed by atoms with van der Waals surface area (Å²) >= 11 is 6.83. The monoisotopic (exact) mass is 488 g/mol. The average molecular weight is 489 g/mol. The number of aliphatic hydroxyl groups excluding tert-OH is 2. The molecule has 7 nitrogen and oxygen atoms in total. The van der Waals surface area contributed by atoms with E-state index in [1.165, 1.54) is 51.4 Å². The number of carbonyl (C=O) groups is 2. The topological polar surface area (TPSA) is 124 Å². The first-order valence-corrected chi connectivity index (χ1v) is 12.4. The molecule has 0 radical (unpaired) electrons. The quantitative estimate of drug-likeness (QED) is 0.189. The molecule has 0 bridgehead atoms. The van der Waals surface area contributed by atoms with Crippen LogP contribution in [0.3, 0.4) is 0 Å². The van der Waals surface area contributed by atoms with Gasteiger partial charge in [-0.25, -0.2) is 0 Å². The first-order chi connectivity index (χ1) is 14.7. The molecule has 0 fully saturated rings. The van der Waals surface area contributed by atoms with Gasteiger partial charge in [-0.3, -0.25) is 9.59 Å². The smallest absolute Gasteiger partial charge is 0.313 e. The Bertz CT molecular complexity index is 327. The Labute approximate surface area is 200 Å². The highest BCUT2D eigenvalue weighted by Gasteiger charge is 2.09. The number of hydrogen-bond acceptors (Lipinski definition) is 7. The van der Waals surface area contributed by atoms with Gasteiger partial charge in [0.1, 0.15) is 0 Å². The molecule has 31 heavy (non-hydrogen) atoms. The van der Waals surface area contributed by atoms with Crippen LogP contribution in [0, 0.1) is 11.8 Å². The minimum Gasteiger partial charge on any atom is -0.481 e. The number of rotatable bonds is 15. The maximum absolute atomic E-state index is 9.29. The van der Waals surface area contributed by atoms with Gasteiger partial charge in [-0.15, -0.1) is 0 Å². The molecule has 0 rings (SSSR count). The predicted octanol–water partition coefficient (Wildman–Crippen LogP) is 4.41. The van der Waals surface area contributed by atoms with E-state index < -0.39 is 11.9 Å². The first-order valence-electron chi connectivity index (χ1n) is 11.2. The van der Waals surface area contributed by atoms with Crippen LogP contribution in [0.1, 0.15) is 79.1 Å². The van der Waals surface area contributed by atoms with Crippen molar-refractivity contribution in [3.63, 3.8) is 0 Å². The molecule has 0 spiro atoms. The van der Waals surface area contributed by atoms with E-state index >= 15 is 0 Å². The third-order valence-electron chi connectivity index (χ3n) is 4.16. The van der Waals surface area contributed by atoms with Crippen LogP contribution in [0.5, 0.6) is 0 Å². The lowest BCUT2D eigenvalue weighted by Crippen LogP contribution is -2.14. The predicted molar refractivity (Wildman–Crippen MR) is 135 cm³/mol. The maximum Gasteiger partial charge on any atom is 0.313 e. The third kappa shape index (κ3) is 44.1. The van der Waals surface area contributed by atoms with E-state index in [-0.39, 0.29) is 24.7 Å². The van der Waals surface area contributed by atoms with E-state index in [2.05, 4.69) is 53.0 Å². The van der Waals surface area contributed by atoms with Crippen LogP contribution in [-0.2, 0) is 14.3 Å². The summed E-state index contributed by atoms with van der Waals surface area (Å²) in [6.07, 6.45) is 10.6. The van der Waals surface area contributed by atoms with Crippen LogP contribution >= 0.6 is 25.3 Å². The Morgan fingerprint density at radius 3 is 1.19 bits per heavy atom. The molecule has 0 amide bonds. The van der Waals surface area contributed by atoms with Crippen molar-refractivity contribution in [1.82, 2.24) is 0 Å². The molecule has 0 aromatic heterocycles. The Morgan fingerprint density at radius 2 is 1.03 bits per heavy atom. The number of unbranched alkanes of at least 4 members (excludes halogenated alkanes) is 2. The summed E-state index contributed by atoms with van der Waals surface area (Å²) in [5.41, 5.74) is 0. The summed E-state index contributed by atoms with van der Waals surface area (Å²) in [6, 6.07) is 0. The van der Waals surface area contributed by atoms with Crippen molar-refractivity contribution in [2.24, 2.45) is 11.8 Å². The van der Waals surface area contributed by atoms with Crippen molar-refractivity contribution in [3.8, 4) is 0 Å². The number of carboxylic acids is 2. The second-order valence-electron chi connectivity index (χ2n) is 6.92. The second kappa shape index (κ2) is 34.1. The van der Waals surface area contributed by atoms with Crippen LogP contribution in [0.4, 0.5) is 0 Å². The molecule has 2 atom stereocenters. The zero-order valence-electron chi connectivity index (χ0n) is 20.0. The normalized spacial score (nSPS) is 11.5. The van der Waals surface area contributed by atoms with E-state index in [9.17, 15) is 9.59 Å². The minimum absolute atomic E-state index is 0.0833. The largest absolute Gasteiger partial charge is 0.481 e. The van der Waals surface area contributed by atoms with E-state index in [0.29, 0.717) is 0 Å². The molecular formula is C22H48O7S2. The lowest BCUT2D eigenvalue weighted by molar-refractivity contribution is -0.134. The highest BCUT2D eigenvalue weighted by molar-refractivity contribution is 7.81. The van der Waals surface area contributed by atoms with E-state index in [1.807, 2.05) is 0 Å². The number of aliphatic carboxylic acids is 2. The van der Waals surface area contributed by atoms with Gasteiger partial charge < -0.3 is 25.2 Å². The van der Waals surface area contributed by atoms with E-state index in [1.54, 1.807) is 0 Å². The molecule has 0 saturated heterocycles. The zero-order chi connectivity index (χ0) is 24.9. The van der Waals surface area contributed by atoms with Crippen LogP contribution in [0.15, 0.2) is 0 Å². The highest BCUT2D eigenvalue weighted by Crippen LogP contribution is 2.16. The van der Waals surface area contributed by atoms with Crippen LogP contribution in [0.2, 0.25) is 0 Å². The molecule has 0 aromatic rings. The molecular weight excluding hydrogens is 440 g/mol. The van der Waals surface area contributed by atoms with Crippen molar-refractivity contribution in [2.45, 2.75) is 79.1 Å². The summed E-state index contributed by atoms with van der Waals surface area (Å²) in [4.78, 5) is 18.6. The minimum atomic E-state index is -0.881. The van der Waals surface area contributed by atoms with Gasteiger partial charge in [0, 0.05) is 13.2 Å². The fourth-order valence-corrected chi connectivity index (χ4v) is 2.20. The van der Waals surface area contributed by atoms with Gasteiger partial charge in [0.2, 0.25) is 0 Å². The number of hydrogen-bond donors (Lipinski definition) is 6. The van der Waals surface area contributed by atoms with E-state index in [0.717, 1.165) is 25.0 Å². The Kier molecular flexibility index (Phi) is 41.6. The first kappa shape index (κ1) is 37.8. The van der Waals surface area contributed by atoms with Crippen molar-refractivity contribution < 1.29 is 34.8 Å². The Hall–Kier alpha value is -0.480. The van der Waals surface area contributed by atoms with Crippen molar-refractivity contribution in [1.29, 1.82) is 0 Å². The lowest BCUT2D eigenvalue weighted by atomic mass is 9.99. The van der Waals surface area contributed by atoms with Crippen LogP contribution < -0.4 is 0 Å². The average Bonchev–Trinajstić information content (AvgIpc) is 2.78. The van der Waals surface area contributed by atoms with Crippen molar-refractivity contribution in [3.05, 3.63) is 0 Å². The van der Waals surface area contributed by atoms with Crippen LogP contribution in [0.25, 0.3) is 0 Å². The lowest BCUT2D eigenvalue weighted by Gasteiger charge is -2.18. The Morgan fingerprint density at radius 1 is 0.742 bits per heavy atom. The summed E-state index contributed by atoms with van der Waals surface area (Å²) < 4.78 is 5.93. The van der Waals surface area contributed by atoms with Crippen molar-refractivity contribution >= 4 is 37.2 Å². The van der Waals surface area contributed by atoms with Gasteiger partial charge in [-0.2, -0.15) is 25.3 Å². The second-order valence-corrected chi connectivity index (χ2v) is 7.55. The SMILES string of the molecule is CCCCC(CC)COCC(CC)CCCC.O=C(O)CS.O=C(O)CS.OCCO. The fraction of sp³-hybridized carbons (Fsp3) is 0.909.